The minimum atomic E-state index is -1.08. The maximum Gasteiger partial charge on any atom is 0.329 e. The van der Waals surface area contributed by atoms with Crippen LogP contribution in [0.4, 0.5) is 0 Å². The molecule has 108 valence electrons. The molecule has 1 aromatic rings. The van der Waals surface area contributed by atoms with Gasteiger partial charge in [-0.2, -0.15) is 11.8 Å². The molecule has 2 N–H and O–H groups in total. The quantitative estimate of drug-likeness (QED) is 0.891. The van der Waals surface area contributed by atoms with E-state index in [2.05, 4.69) is 5.32 Å². The summed E-state index contributed by atoms with van der Waals surface area (Å²) in [7, 11) is 0. The van der Waals surface area contributed by atoms with Crippen LogP contribution in [0.3, 0.4) is 0 Å². The number of hydrogen-bond donors (Lipinski definition) is 2. The fourth-order valence-electron chi connectivity index (χ4n) is 2.40. The summed E-state index contributed by atoms with van der Waals surface area (Å²) in [5.41, 5.74) is 0.910. The Morgan fingerprint density at radius 2 is 1.95 bits per heavy atom. The van der Waals surface area contributed by atoms with E-state index < -0.39 is 11.5 Å². The zero-order valence-corrected chi connectivity index (χ0v) is 12.3. The number of carbonyl (C=O) groups excluding carboxylic acids is 1. The van der Waals surface area contributed by atoms with E-state index in [4.69, 9.17) is 0 Å². The Hall–Kier alpha value is -1.49. The summed E-state index contributed by atoms with van der Waals surface area (Å²) in [6.45, 7) is 1.95. The van der Waals surface area contributed by atoms with Gasteiger partial charge < -0.3 is 10.4 Å². The summed E-state index contributed by atoms with van der Waals surface area (Å²) in [4.78, 5) is 23.7. The van der Waals surface area contributed by atoms with Crippen molar-refractivity contribution in [3.63, 3.8) is 0 Å². The first kappa shape index (κ1) is 14.9. The molecule has 4 nitrogen and oxygen atoms in total. The molecule has 1 aliphatic rings. The van der Waals surface area contributed by atoms with Gasteiger partial charge in [-0.1, -0.05) is 24.3 Å². The highest BCUT2D eigenvalue weighted by molar-refractivity contribution is 7.99. The molecule has 5 heteroatoms. The molecule has 0 bridgehead atoms. The van der Waals surface area contributed by atoms with E-state index in [1.54, 1.807) is 11.8 Å². The lowest BCUT2D eigenvalue weighted by Gasteiger charge is -2.33. The zero-order chi connectivity index (χ0) is 14.6. The molecule has 1 aliphatic heterocycles. The Bertz CT molecular complexity index is 510. The Labute approximate surface area is 123 Å². The zero-order valence-electron chi connectivity index (χ0n) is 11.5. The molecule has 0 spiro atoms. The van der Waals surface area contributed by atoms with E-state index in [0.717, 1.165) is 22.6 Å². The minimum Gasteiger partial charge on any atom is -0.480 e. The molecule has 0 unspecified atom stereocenters. The molecule has 1 saturated heterocycles. The van der Waals surface area contributed by atoms with Crippen molar-refractivity contribution in [1.82, 2.24) is 5.32 Å². The first-order chi connectivity index (χ1) is 9.53. The van der Waals surface area contributed by atoms with E-state index >= 15 is 0 Å². The number of carboxylic acid groups (broad SMARTS) is 1. The Morgan fingerprint density at radius 1 is 1.30 bits per heavy atom. The van der Waals surface area contributed by atoms with Gasteiger partial charge in [0.05, 0.1) is 6.42 Å². The number of nitrogens with one attached hydrogen (secondary N) is 1. The topological polar surface area (TPSA) is 66.4 Å². The fraction of sp³-hybridized carbons (Fsp3) is 0.467. The highest BCUT2D eigenvalue weighted by Gasteiger charge is 2.41. The number of aliphatic carboxylic acids is 1. The number of amides is 1. The smallest absolute Gasteiger partial charge is 0.329 e. The lowest BCUT2D eigenvalue weighted by molar-refractivity contribution is -0.148. The van der Waals surface area contributed by atoms with Crippen LogP contribution in [0.15, 0.2) is 24.3 Å². The van der Waals surface area contributed by atoms with Gasteiger partial charge in [-0.3, -0.25) is 4.79 Å². The molecule has 1 aromatic carbocycles. The third-order valence-electron chi connectivity index (χ3n) is 3.75. The van der Waals surface area contributed by atoms with Crippen LogP contribution in [0.5, 0.6) is 0 Å². The van der Waals surface area contributed by atoms with Crippen molar-refractivity contribution in [3.05, 3.63) is 35.4 Å². The van der Waals surface area contributed by atoms with Crippen molar-refractivity contribution < 1.29 is 14.7 Å². The molecule has 1 amide bonds. The van der Waals surface area contributed by atoms with Crippen molar-refractivity contribution in [2.24, 2.45) is 0 Å². The van der Waals surface area contributed by atoms with E-state index in [0.29, 0.717) is 12.8 Å². The monoisotopic (exact) mass is 293 g/mol. The summed E-state index contributed by atoms with van der Waals surface area (Å²) >= 11 is 1.73. The highest BCUT2D eigenvalue weighted by atomic mass is 32.2. The third kappa shape index (κ3) is 3.33. The number of thioether (sulfide) groups is 1. The second-order valence-corrected chi connectivity index (χ2v) is 6.38. The van der Waals surface area contributed by atoms with Crippen LogP contribution in [0.25, 0.3) is 0 Å². The number of carbonyl (C=O) groups is 2. The van der Waals surface area contributed by atoms with Gasteiger partial charge in [0.25, 0.3) is 0 Å². The normalized spacial score (nSPS) is 17.4. The van der Waals surface area contributed by atoms with Crippen molar-refractivity contribution in [1.29, 1.82) is 0 Å². The average molecular weight is 293 g/mol. The lowest BCUT2D eigenvalue weighted by Crippen LogP contribution is -2.56. The summed E-state index contributed by atoms with van der Waals surface area (Å²) in [5.74, 6) is 0.415. The van der Waals surface area contributed by atoms with Crippen LogP contribution in [0.2, 0.25) is 0 Å². The second kappa shape index (κ2) is 6.31. The summed E-state index contributed by atoms with van der Waals surface area (Å²) in [6, 6.07) is 7.67. The van der Waals surface area contributed by atoms with Gasteiger partial charge in [0, 0.05) is 0 Å². The lowest BCUT2D eigenvalue weighted by atomic mass is 9.91. The first-order valence-electron chi connectivity index (χ1n) is 6.70. The van der Waals surface area contributed by atoms with Crippen LogP contribution >= 0.6 is 11.8 Å². The van der Waals surface area contributed by atoms with Gasteiger partial charge in [-0.25, -0.2) is 4.79 Å². The highest BCUT2D eigenvalue weighted by Crippen LogP contribution is 2.27. The van der Waals surface area contributed by atoms with Crippen molar-refractivity contribution in [2.45, 2.75) is 31.7 Å². The molecule has 1 heterocycles. The first-order valence-corrected chi connectivity index (χ1v) is 7.86. The molecule has 20 heavy (non-hydrogen) atoms. The average Bonchev–Trinajstić information content (AvgIpc) is 2.42. The van der Waals surface area contributed by atoms with Crippen LogP contribution in [-0.2, 0) is 16.0 Å². The van der Waals surface area contributed by atoms with E-state index in [9.17, 15) is 14.7 Å². The van der Waals surface area contributed by atoms with Gasteiger partial charge in [-0.15, -0.1) is 0 Å². The molecule has 0 radical (unpaired) electrons. The summed E-state index contributed by atoms with van der Waals surface area (Å²) in [6.07, 6.45) is 1.22. The summed E-state index contributed by atoms with van der Waals surface area (Å²) < 4.78 is 0. The molecular weight excluding hydrogens is 274 g/mol. The molecule has 2 rings (SSSR count). The van der Waals surface area contributed by atoms with Crippen LogP contribution in [-0.4, -0.2) is 34.0 Å². The van der Waals surface area contributed by atoms with E-state index in [1.165, 1.54) is 0 Å². The molecular formula is C15H19NO3S. The van der Waals surface area contributed by atoms with Gasteiger partial charge in [0.2, 0.25) is 5.91 Å². The van der Waals surface area contributed by atoms with E-state index in [1.807, 2.05) is 31.2 Å². The number of aryl methyl sites for hydroxylation is 1. The number of carboxylic acids is 1. The number of benzene rings is 1. The van der Waals surface area contributed by atoms with Crippen LogP contribution in [0.1, 0.15) is 24.0 Å². The number of rotatable bonds is 4. The molecule has 1 fully saturated rings. The standard InChI is InChI=1S/C15H19NO3S/c1-11-4-2-3-5-12(11)10-13(17)16-15(14(18)19)6-8-20-9-7-15/h2-5H,6-10H2,1H3,(H,16,17)(H,18,19). The predicted molar refractivity (Wildman–Crippen MR) is 80.0 cm³/mol. The van der Waals surface area contributed by atoms with Crippen LogP contribution < -0.4 is 5.32 Å². The van der Waals surface area contributed by atoms with Gasteiger partial charge >= 0.3 is 5.97 Å². The van der Waals surface area contributed by atoms with Crippen LogP contribution in [0, 0.1) is 6.92 Å². The van der Waals surface area contributed by atoms with Crippen molar-refractivity contribution in [3.8, 4) is 0 Å². The number of hydrogen-bond acceptors (Lipinski definition) is 3. The van der Waals surface area contributed by atoms with Crippen molar-refractivity contribution in [2.75, 3.05) is 11.5 Å². The summed E-state index contributed by atoms with van der Waals surface area (Å²) in [5, 5.41) is 12.2. The van der Waals surface area contributed by atoms with E-state index in [-0.39, 0.29) is 12.3 Å². The Kier molecular flexibility index (Phi) is 4.70. The largest absolute Gasteiger partial charge is 0.480 e. The van der Waals surface area contributed by atoms with Crippen molar-refractivity contribution >= 4 is 23.6 Å². The Morgan fingerprint density at radius 3 is 2.55 bits per heavy atom. The SMILES string of the molecule is Cc1ccccc1CC(=O)NC1(C(=O)O)CCSCC1. The van der Waals surface area contributed by atoms with Gasteiger partial charge in [0.1, 0.15) is 5.54 Å². The second-order valence-electron chi connectivity index (χ2n) is 5.15. The maximum atomic E-state index is 12.2. The third-order valence-corrected chi connectivity index (χ3v) is 4.73. The molecule has 0 atom stereocenters. The minimum absolute atomic E-state index is 0.214. The van der Waals surface area contributed by atoms with Gasteiger partial charge in [0.15, 0.2) is 0 Å². The maximum absolute atomic E-state index is 12.2. The molecule has 0 aliphatic carbocycles. The predicted octanol–water partition coefficient (Wildman–Crippen LogP) is 2.00. The van der Waals surface area contributed by atoms with Gasteiger partial charge in [-0.05, 0) is 42.4 Å². The Balaban J connectivity index is 2.06. The molecule has 0 aromatic heterocycles. The molecule has 0 saturated carbocycles. The fourth-order valence-corrected chi connectivity index (χ4v) is 3.59.